The summed E-state index contributed by atoms with van der Waals surface area (Å²) in [4.78, 5) is 19.0. The average Bonchev–Trinajstić information content (AvgIpc) is 3.18. The molecule has 2 N–H and O–H groups in total. The van der Waals surface area contributed by atoms with Gasteiger partial charge in [0.05, 0.1) is 5.69 Å². The fraction of sp³-hybridized carbons (Fsp3) is 0.750. The Bertz CT molecular complexity index is 478. The van der Waals surface area contributed by atoms with Crippen molar-refractivity contribution in [1.29, 1.82) is 0 Å². The molecule has 1 unspecified atom stereocenters. The quantitative estimate of drug-likeness (QED) is 0.845. The lowest BCUT2D eigenvalue weighted by Gasteiger charge is -2.25. The number of amides is 1. The van der Waals surface area contributed by atoms with Crippen LogP contribution in [0.2, 0.25) is 0 Å². The molecule has 1 aromatic rings. The number of piperidine rings is 1. The molecule has 0 aromatic carbocycles. The summed E-state index contributed by atoms with van der Waals surface area (Å²) in [5, 5.41) is 9.12. The highest BCUT2D eigenvalue weighted by Gasteiger charge is 2.17. The van der Waals surface area contributed by atoms with Crippen molar-refractivity contribution in [2.45, 2.75) is 45.1 Å². The van der Waals surface area contributed by atoms with Gasteiger partial charge in [-0.05, 0) is 57.8 Å². The third kappa shape index (κ3) is 4.76. The van der Waals surface area contributed by atoms with Gasteiger partial charge in [-0.15, -0.1) is 11.3 Å². The summed E-state index contributed by atoms with van der Waals surface area (Å²) in [6.45, 7) is 5.42. The summed E-state index contributed by atoms with van der Waals surface area (Å²) < 4.78 is 0. The topological polar surface area (TPSA) is 57.3 Å². The van der Waals surface area contributed by atoms with Crippen molar-refractivity contribution >= 4 is 22.4 Å². The maximum atomic E-state index is 12.0. The van der Waals surface area contributed by atoms with Crippen LogP contribution in [0.15, 0.2) is 5.38 Å². The van der Waals surface area contributed by atoms with Gasteiger partial charge in [0.25, 0.3) is 0 Å². The fourth-order valence-electron chi connectivity index (χ4n) is 3.26. The number of hydrogen-bond donors (Lipinski definition) is 2. The van der Waals surface area contributed by atoms with Crippen molar-refractivity contribution in [3.05, 3.63) is 11.1 Å². The Hall–Kier alpha value is -0.980. The van der Waals surface area contributed by atoms with Crippen molar-refractivity contribution in [2.24, 2.45) is 5.92 Å². The van der Waals surface area contributed by atoms with E-state index in [0.29, 0.717) is 12.3 Å². The van der Waals surface area contributed by atoms with E-state index in [2.05, 4.69) is 25.9 Å². The number of nitrogens with one attached hydrogen (secondary N) is 2. The van der Waals surface area contributed by atoms with Gasteiger partial charge in [0, 0.05) is 18.3 Å². The summed E-state index contributed by atoms with van der Waals surface area (Å²) in [6.07, 6.45) is 6.72. The first-order valence-electron chi connectivity index (χ1n) is 8.47. The number of nitrogens with zero attached hydrogens (tertiary/aromatic N) is 2. The fourth-order valence-corrected chi connectivity index (χ4v) is 3.98. The molecule has 0 bridgehead atoms. The van der Waals surface area contributed by atoms with Crippen LogP contribution in [0.4, 0.5) is 5.13 Å². The first-order valence-corrected chi connectivity index (χ1v) is 9.35. The second-order valence-electron chi connectivity index (χ2n) is 6.43. The Morgan fingerprint density at radius 2 is 2.27 bits per heavy atom. The number of likely N-dealkylation sites (tertiary alicyclic amines) is 1. The highest BCUT2D eigenvalue weighted by atomic mass is 32.1. The van der Waals surface area contributed by atoms with E-state index in [1.165, 1.54) is 38.8 Å². The van der Waals surface area contributed by atoms with E-state index in [4.69, 9.17) is 0 Å². The summed E-state index contributed by atoms with van der Waals surface area (Å²) >= 11 is 1.54. The smallest absolute Gasteiger partial charge is 0.226 e. The summed E-state index contributed by atoms with van der Waals surface area (Å²) in [5.74, 6) is 0.766. The molecule has 3 heterocycles. The molecular formula is C16H26N4OS. The van der Waals surface area contributed by atoms with Crippen molar-refractivity contribution in [3.8, 4) is 0 Å². The van der Waals surface area contributed by atoms with Crippen LogP contribution in [0, 0.1) is 5.92 Å². The predicted molar refractivity (Wildman–Crippen MR) is 90.1 cm³/mol. The number of aromatic nitrogens is 1. The van der Waals surface area contributed by atoms with E-state index in [1.807, 2.05) is 0 Å². The van der Waals surface area contributed by atoms with Gasteiger partial charge in [0.2, 0.25) is 5.91 Å². The normalized spacial score (nSPS) is 22.8. The Morgan fingerprint density at radius 3 is 3.05 bits per heavy atom. The summed E-state index contributed by atoms with van der Waals surface area (Å²) in [6, 6.07) is 0. The van der Waals surface area contributed by atoms with Crippen molar-refractivity contribution in [1.82, 2.24) is 15.2 Å². The van der Waals surface area contributed by atoms with E-state index in [9.17, 15) is 4.79 Å². The SMILES string of the molecule is O=C(CCC1CCNC1)Nc1nc(CN2CCCCC2)cs1. The molecule has 0 radical (unpaired) electrons. The average molecular weight is 322 g/mol. The zero-order valence-corrected chi connectivity index (χ0v) is 14.0. The van der Waals surface area contributed by atoms with E-state index >= 15 is 0 Å². The third-order valence-electron chi connectivity index (χ3n) is 4.57. The van der Waals surface area contributed by atoms with Gasteiger partial charge in [-0.1, -0.05) is 6.42 Å². The van der Waals surface area contributed by atoms with Crippen LogP contribution in [0.3, 0.4) is 0 Å². The molecular weight excluding hydrogens is 296 g/mol. The Kier molecular flexibility index (Phi) is 5.81. The van der Waals surface area contributed by atoms with Gasteiger partial charge in [0.1, 0.15) is 0 Å². The van der Waals surface area contributed by atoms with Gasteiger partial charge >= 0.3 is 0 Å². The monoisotopic (exact) mass is 322 g/mol. The molecule has 5 nitrogen and oxygen atoms in total. The number of anilines is 1. The molecule has 2 saturated heterocycles. The minimum absolute atomic E-state index is 0.103. The minimum Gasteiger partial charge on any atom is -0.316 e. The van der Waals surface area contributed by atoms with Gasteiger partial charge in [-0.2, -0.15) is 0 Å². The number of hydrogen-bond acceptors (Lipinski definition) is 5. The molecule has 2 fully saturated rings. The first-order chi connectivity index (χ1) is 10.8. The predicted octanol–water partition coefficient (Wildman–Crippen LogP) is 2.46. The standard InChI is InChI=1S/C16H26N4OS/c21-15(5-4-13-6-7-17-10-13)19-16-18-14(12-22-16)11-20-8-2-1-3-9-20/h12-13,17H,1-11H2,(H,18,19,21). The Labute approximate surface area is 136 Å². The van der Waals surface area contributed by atoms with Crippen LogP contribution in [0.25, 0.3) is 0 Å². The molecule has 6 heteroatoms. The molecule has 1 atom stereocenters. The molecule has 122 valence electrons. The van der Waals surface area contributed by atoms with Crippen LogP contribution in [0.5, 0.6) is 0 Å². The Balaban J connectivity index is 1.41. The van der Waals surface area contributed by atoms with E-state index in [-0.39, 0.29) is 5.91 Å². The maximum Gasteiger partial charge on any atom is 0.226 e. The zero-order valence-electron chi connectivity index (χ0n) is 13.1. The molecule has 2 aliphatic rings. The lowest BCUT2D eigenvalue weighted by molar-refractivity contribution is -0.116. The molecule has 0 spiro atoms. The van der Waals surface area contributed by atoms with Crippen molar-refractivity contribution < 1.29 is 4.79 Å². The first kappa shape index (κ1) is 15.9. The van der Waals surface area contributed by atoms with Crippen LogP contribution in [0.1, 0.15) is 44.2 Å². The minimum atomic E-state index is 0.103. The number of rotatable bonds is 6. The Morgan fingerprint density at radius 1 is 1.41 bits per heavy atom. The van der Waals surface area contributed by atoms with Crippen molar-refractivity contribution in [3.63, 3.8) is 0 Å². The van der Waals surface area contributed by atoms with Crippen molar-refractivity contribution in [2.75, 3.05) is 31.5 Å². The van der Waals surface area contributed by atoms with Gasteiger partial charge in [-0.25, -0.2) is 4.98 Å². The second kappa shape index (κ2) is 8.04. The van der Waals surface area contributed by atoms with Crippen LogP contribution >= 0.6 is 11.3 Å². The molecule has 22 heavy (non-hydrogen) atoms. The molecule has 2 aliphatic heterocycles. The van der Waals surface area contributed by atoms with E-state index in [1.54, 1.807) is 11.3 Å². The van der Waals surface area contributed by atoms with E-state index in [0.717, 1.165) is 36.9 Å². The number of carbonyl (C=O) groups excluding carboxylic acids is 1. The number of carbonyl (C=O) groups is 1. The van der Waals surface area contributed by atoms with E-state index < -0.39 is 0 Å². The van der Waals surface area contributed by atoms with Crippen LogP contribution < -0.4 is 10.6 Å². The highest BCUT2D eigenvalue weighted by molar-refractivity contribution is 7.13. The molecule has 0 aliphatic carbocycles. The van der Waals surface area contributed by atoms with Gasteiger partial charge < -0.3 is 10.6 Å². The summed E-state index contributed by atoms with van der Waals surface area (Å²) in [5.41, 5.74) is 1.09. The molecule has 3 rings (SSSR count). The third-order valence-corrected chi connectivity index (χ3v) is 5.38. The summed E-state index contributed by atoms with van der Waals surface area (Å²) in [7, 11) is 0. The highest BCUT2D eigenvalue weighted by Crippen LogP contribution is 2.20. The lowest BCUT2D eigenvalue weighted by Crippen LogP contribution is -2.29. The van der Waals surface area contributed by atoms with Crippen LogP contribution in [-0.2, 0) is 11.3 Å². The van der Waals surface area contributed by atoms with Crippen LogP contribution in [-0.4, -0.2) is 42.0 Å². The van der Waals surface area contributed by atoms with Gasteiger partial charge in [-0.3, -0.25) is 9.69 Å². The number of thiazole rings is 1. The molecule has 1 aromatic heterocycles. The largest absolute Gasteiger partial charge is 0.316 e. The maximum absolute atomic E-state index is 12.0. The molecule has 1 amide bonds. The molecule has 0 saturated carbocycles. The second-order valence-corrected chi connectivity index (χ2v) is 7.28. The lowest BCUT2D eigenvalue weighted by atomic mass is 10.0. The van der Waals surface area contributed by atoms with Gasteiger partial charge in [0.15, 0.2) is 5.13 Å². The zero-order chi connectivity index (χ0) is 15.2.